The number of ether oxygens (including phenoxy) is 3. The van der Waals surface area contributed by atoms with Gasteiger partial charge in [0.2, 0.25) is 5.75 Å². The van der Waals surface area contributed by atoms with Crippen LogP contribution in [0.1, 0.15) is 30.3 Å². The smallest absolute Gasteiger partial charge is 0.338 e. The second kappa shape index (κ2) is 12.0. The van der Waals surface area contributed by atoms with Crippen LogP contribution in [0.25, 0.3) is 6.08 Å². The Balaban J connectivity index is 1.55. The maximum atomic E-state index is 13.7. The summed E-state index contributed by atoms with van der Waals surface area (Å²) in [5.41, 5.74) is -0.0632. The number of allylic oxidation sites excluding steroid dienone is 1. The van der Waals surface area contributed by atoms with Crippen molar-refractivity contribution in [3.8, 4) is 17.2 Å². The molecule has 220 valence electrons. The molecular formula is C28H22N4O9S2. The van der Waals surface area contributed by atoms with E-state index >= 15 is 0 Å². The van der Waals surface area contributed by atoms with Crippen LogP contribution in [-0.2, 0) is 9.53 Å². The van der Waals surface area contributed by atoms with E-state index in [0.717, 1.165) is 34.4 Å². The molecular weight excluding hydrogens is 600 g/mol. The Labute approximate surface area is 250 Å². The van der Waals surface area contributed by atoms with Crippen LogP contribution in [0.5, 0.6) is 17.2 Å². The number of non-ortho nitro benzene ring substituents is 1. The van der Waals surface area contributed by atoms with Gasteiger partial charge in [-0.2, -0.15) is 0 Å². The number of carbonyl (C=O) groups is 1. The molecule has 15 heteroatoms. The molecule has 4 aromatic rings. The number of hydrogen-bond acceptors (Lipinski definition) is 12. The van der Waals surface area contributed by atoms with Crippen LogP contribution in [0.4, 0.5) is 11.4 Å². The lowest BCUT2D eigenvalue weighted by molar-refractivity contribution is -0.394. The first-order chi connectivity index (χ1) is 20.6. The van der Waals surface area contributed by atoms with E-state index < -0.39 is 33.2 Å². The van der Waals surface area contributed by atoms with Gasteiger partial charge in [-0.25, -0.2) is 9.79 Å². The number of thiazole rings is 1. The standard InChI is InChI=1S/C28H22N4O9S2/c1-4-40-27(34)24-15(2)29-28-30(25(24)22-6-5-11-42-22)26(33)23(43-28)13-16-7-9-20(21(12-16)39-3)41-19-10-8-17(31(35)36)14-18(19)32(37)38/h5-14,25H,4H2,1-3H3/b23-13-/t25-/m0/s1. The zero-order valence-electron chi connectivity index (χ0n) is 22.8. The van der Waals surface area contributed by atoms with E-state index in [0.29, 0.717) is 26.2 Å². The number of thiophene rings is 1. The van der Waals surface area contributed by atoms with Crippen molar-refractivity contribution in [2.75, 3.05) is 13.7 Å². The highest BCUT2D eigenvalue weighted by molar-refractivity contribution is 7.10. The SMILES string of the molecule is CCOC(=O)C1=C(C)N=c2s/c(=C\c3ccc(Oc4ccc([N+](=O)[O-])cc4[N+](=O)[O-])c(OC)c3)c(=O)n2[C@H]1c1cccs1. The molecule has 0 aliphatic carbocycles. The number of nitrogens with zero attached hydrogens (tertiary/aromatic N) is 4. The van der Waals surface area contributed by atoms with Gasteiger partial charge in [0.25, 0.3) is 11.2 Å². The van der Waals surface area contributed by atoms with E-state index in [1.54, 1.807) is 32.1 Å². The maximum Gasteiger partial charge on any atom is 0.338 e. The van der Waals surface area contributed by atoms with Crippen LogP contribution in [0.3, 0.4) is 0 Å². The van der Waals surface area contributed by atoms with Gasteiger partial charge in [-0.1, -0.05) is 23.5 Å². The number of carbonyl (C=O) groups excluding carboxylic acids is 1. The van der Waals surface area contributed by atoms with Gasteiger partial charge < -0.3 is 14.2 Å². The highest BCUT2D eigenvalue weighted by Crippen LogP contribution is 2.38. The first-order valence-corrected chi connectivity index (χ1v) is 14.3. The van der Waals surface area contributed by atoms with Crippen molar-refractivity contribution >= 4 is 46.1 Å². The number of hydrogen-bond donors (Lipinski definition) is 0. The zero-order chi connectivity index (χ0) is 30.8. The minimum absolute atomic E-state index is 0.116. The quantitative estimate of drug-likeness (QED) is 0.149. The summed E-state index contributed by atoms with van der Waals surface area (Å²) in [4.78, 5) is 53.5. The number of rotatable bonds is 9. The van der Waals surface area contributed by atoms with Gasteiger partial charge in [-0.15, -0.1) is 11.3 Å². The molecule has 1 aliphatic rings. The highest BCUT2D eigenvalue weighted by atomic mass is 32.1. The second-order valence-electron chi connectivity index (χ2n) is 9.00. The number of esters is 1. The molecule has 0 saturated carbocycles. The largest absolute Gasteiger partial charge is 0.493 e. The Hall–Kier alpha value is -5.15. The van der Waals surface area contributed by atoms with Crippen LogP contribution >= 0.6 is 22.7 Å². The summed E-state index contributed by atoms with van der Waals surface area (Å²) < 4.78 is 18.3. The minimum Gasteiger partial charge on any atom is -0.493 e. The zero-order valence-corrected chi connectivity index (χ0v) is 24.5. The second-order valence-corrected chi connectivity index (χ2v) is 11.0. The maximum absolute atomic E-state index is 13.7. The van der Waals surface area contributed by atoms with Gasteiger partial charge in [0, 0.05) is 10.9 Å². The third kappa shape index (κ3) is 5.67. The van der Waals surface area contributed by atoms with Gasteiger partial charge in [0.05, 0.1) is 45.4 Å². The topological polar surface area (TPSA) is 165 Å². The average Bonchev–Trinajstić information content (AvgIpc) is 3.61. The molecule has 0 bridgehead atoms. The van der Waals surface area contributed by atoms with Crippen molar-refractivity contribution in [3.05, 3.63) is 116 Å². The molecule has 2 aromatic heterocycles. The lowest BCUT2D eigenvalue weighted by Gasteiger charge is -2.23. The molecule has 0 spiro atoms. The van der Waals surface area contributed by atoms with Crippen molar-refractivity contribution in [2.45, 2.75) is 19.9 Å². The molecule has 1 aliphatic heterocycles. The molecule has 13 nitrogen and oxygen atoms in total. The third-order valence-electron chi connectivity index (χ3n) is 6.39. The third-order valence-corrected chi connectivity index (χ3v) is 8.29. The van der Waals surface area contributed by atoms with Crippen LogP contribution in [0.2, 0.25) is 0 Å². The number of aromatic nitrogens is 1. The molecule has 0 fully saturated rings. The molecule has 0 N–H and O–H groups in total. The fourth-order valence-corrected chi connectivity index (χ4v) is 6.35. The molecule has 3 heterocycles. The Morgan fingerprint density at radius 2 is 1.86 bits per heavy atom. The molecule has 0 saturated heterocycles. The first-order valence-electron chi connectivity index (χ1n) is 12.6. The van der Waals surface area contributed by atoms with Gasteiger partial charge >= 0.3 is 11.7 Å². The summed E-state index contributed by atoms with van der Waals surface area (Å²) in [6.45, 7) is 3.60. The van der Waals surface area contributed by atoms with Crippen molar-refractivity contribution in [2.24, 2.45) is 4.99 Å². The minimum atomic E-state index is -0.776. The summed E-state index contributed by atoms with van der Waals surface area (Å²) in [6, 6.07) is 10.8. The van der Waals surface area contributed by atoms with E-state index in [2.05, 4.69) is 4.99 Å². The van der Waals surface area contributed by atoms with Crippen molar-refractivity contribution in [3.63, 3.8) is 0 Å². The summed E-state index contributed by atoms with van der Waals surface area (Å²) in [5, 5.41) is 24.4. The Kier molecular flexibility index (Phi) is 8.18. The first kappa shape index (κ1) is 29.3. The van der Waals surface area contributed by atoms with E-state index in [9.17, 15) is 29.8 Å². The van der Waals surface area contributed by atoms with Gasteiger partial charge in [0.1, 0.15) is 6.04 Å². The monoisotopic (exact) mass is 622 g/mol. The number of nitro groups is 2. The van der Waals surface area contributed by atoms with E-state index in [1.165, 1.54) is 29.1 Å². The molecule has 0 radical (unpaired) electrons. The van der Waals surface area contributed by atoms with Crippen LogP contribution < -0.4 is 24.4 Å². The lowest BCUT2D eigenvalue weighted by atomic mass is 10.0. The fourth-order valence-electron chi connectivity index (χ4n) is 4.48. The van der Waals surface area contributed by atoms with Gasteiger partial charge in [-0.05, 0) is 55.1 Å². The molecule has 43 heavy (non-hydrogen) atoms. The highest BCUT2D eigenvalue weighted by Gasteiger charge is 2.34. The fraction of sp³-hybridized carbons (Fsp3) is 0.179. The summed E-state index contributed by atoms with van der Waals surface area (Å²) in [5.74, 6) is -0.433. The normalized spacial score (nSPS) is 14.6. The van der Waals surface area contributed by atoms with Gasteiger partial charge in [0.15, 0.2) is 16.3 Å². The van der Waals surface area contributed by atoms with Crippen molar-refractivity contribution < 1.29 is 28.9 Å². The number of methoxy groups -OCH3 is 1. The molecule has 1 atom stereocenters. The predicted octanol–water partition coefficient (Wildman–Crippen LogP) is 4.48. The Bertz CT molecular complexity index is 1980. The summed E-state index contributed by atoms with van der Waals surface area (Å²) in [6.07, 6.45) is 1.64. The van der Waals surface area contributed by atoms with Crippen molar-refractivity contribution in [1.82, 2.24) is 4.57 Å². The molecule has 2 aromatic carbocycles. The van der Waals surface area contributed by atoms with E-state index in [4.69, 9.17) is 14.2 Å². The average molecular weight is 623 g/mol. The Morgan fingerprint density at radius 3 is 2.51 bits per heavy atom. The van der Waals surface area contributed by atoms with E-state index in [1.807, 2.05) is 17.5 Å². The van der Waals surface area contributed by atoms with Crippen LogP contribution in [0, 0.1) is 20.2 Å². The lowest BCUT2D eigenvalue weighted by Crippen LogP contribution is -2.39. The molecule has 0 unspecified atom stereocenters. The molecule has 0 amide bonds. The number of nitro benzene ring substituents is 2. The summed E-state index contributed by atoms with van der Waals surface area (Å²) >= 11 is 2.58. The number of fused-ring (bicyclic) bond motifs is 1. The van der Waals surface area contributed by atoms with Gasteiger partial charge in [-0.3, -0.25) is 29.6 Å². The van der Waals surface area contributed by atoms with Crippen molar-refractivity contribution in [1.29, 1.82) is 0 Å². The molecule has 5 rings (SSSR count). The number of benzene rings is 2. The van der Waals surface area contributed by atoms with E-state index in [-0.39, 0.29) is 29.4 Å². The van der Waals surface area contributed by atoms with Crippen LogP contribution in [0.15, 0.2) is 75.0 Å². The Morgan fingerprint density at radius 1 is 1.09 bits per heavy atom. The van der Waals surface area contributed by atoms with Crippen LogP contribution in [-0.4, -0.2) is 34.1 Å². The predicted molar refractivity (Wildman–Crippen MR) is 158 cm³/mol. The summed E-state index contributed by atoms with van der Waals surface area (Å²) in [7, 11) is 1.38.